The second-order valence-corrected chi connectivity index (χ2v) is 6.29. The van der Waals surface area contributed by atoms with Crippen LogP contribution < -0.4 is 10.6 Å². The molecule has 0 radical (unpaired) electrons. The van der Waals surface area contributed by atoms with E-state index in [0.29, 0.717) is 18.4 Å². The largest absolute Gasteiger partial charge is 0.478 e. The molecule has 0 saturated carbocycles. The summed E-state index contributed by atoms with van der Waals surface area (Å²) < 4.78 is 0.727. The van der Waals surface area contributed by atoms with Gasteiger partial charge in [-0.25, -0.2) is 4.79 Å². The number of carbonyl (C=O) groups is 3. The number of hydrogen-bond donors (Lipinski definition) is 3. The molecule has 1 unspecified atom stereocenters. The van der Waals surface area contributed by atoms with Gasteiger partial charge in [0.25, 0.3) is 0 Å². The predicted octanol–water partition coefficient (Wildman–Crippen LogP) is 1.10. The van der Waals surface area contributed by atoms with Gasteiger partial charge < -0.3 is 10.4 Å². The zero-order valence-electron chi connectivity index (χ0n) is 9.73. The summed E-state index contributed by atoms with van der Waals surface area (Å²) in [5.41, 5.74) is 0.832. The van der Waals surface area contributed by atoms with Crippen LogP contribution >= 0.6 is 27.3 Å². The van der Waals surface area contributed by atoms with Crippen molar-refractivity contribution in [1.82, 2.24) is 10.6 Å². The van der Waals surface area contributed by atoms with Crippen molar-refractivity contribution in [3.05, 3.63) is 20.3 Å². The normalized spacial score (nSPS) is 19.3. The Morgan fingerprint density at radius 3 is 2.95 bits per heavy atom. The van der Waals surface area contributed by atoms with Crippen molar-refractivity contribution in [3.8, 4) is 0 Å². The first-order valence-corrected chi connectivity index (χ1v) is 7.22. The molecule has 2 amide bonds. The number of rotatable bonds is 4. The molecule has 8 heteroatoms. The zero-order valence-corrected chi connectivity index (χ0v) is 12.1. The van der Waals surface area contributed by atoms with Crippen LogP contribution in [-0.2, 0) is 16.1 Å². The first-order chi connectivity index (χ1) is 8.99. The number of thiophene rings is 1. The van der Waals surface area contributed by atoms with E-state index in [1.165, 1.54) is 11.3 Å². The van der Waals surface area contributed by atoms with Crippen molar-refractivity contribution in [2.45, 2.75) is 25.4 Å². The molecule has 3 N–H and O–H groups in total. The highest BCUT2D eigenvalue weighted by atomic mass is 79.9. The molecule has 2 heterocycles. The van der Waals surface area contributed by atoms with E-state index in [2.05, 4.69) is 26.6 Å². The molecule has 6 nitrogen and oxygen atoms in total. The smallest absolute Gasteiger partial charge is 0.336 e. The summed E-state index contributed by atoms with van der Waals surface area (Å²) in [5.74, 6) is -1.63. The fourth-order valence-corrected chi connectivity index (χ4v) is 3.24. The molecule has 1 fully saturated rings. The van der Waals surface area contributed by atoms with Crippen LogP contribution in [-0.4, -0.2) is 28.9 Å². The van der Waals surface area contributed by atoms with Crippen LogP contribution in [0.15, 0.2) is 9.17 Å². The SMILES string of the molecule is O=C1CCC(NCc2c(C(=O)O)csc2Br)C(=O)N1. The van der Waals surface area contributed by atoms with Crippen molar-refractivity contribution in [2.75, 3.05) is 0 Å². The second kappa shape index (κ2) is 5.81. The van der Waals surface area contributed by atoms with Gasteiger partial charge in [-0.1, -0.05) is 0 Å². The molecule has 0 aromatic carbocycles. The molecule has 1 aliphatic rings. The fourth-order valence-electron chi connectivity index (χ4n) is 1.82. The van der Waals surface area contributed by atoms with Gasteiger partial charge in [-0.05, 0) is 22.4 Å². The molecule has 1 saturated heterocycles. The van der Waals surface area contributed by atoms with E-state index >= 15 is 0 Å². The highest BCUT2D eigenvalue weighted by Crippen LogP contribution is 2.28. The van der Waals surface area contributed by atoms with E-state index in [-0.39, 0.29) is 23.9 Å². The molecule has 102 valence electrons. The Balaban J connectivity index is 2.03. The van der Waals surface area contributed by atoms with Crippen molar-refractivity contribution >= 4 is 45.1 Å². The summed E-state index contributed by atoms with van der Waals surface area (Å²) in [5, 5.41) is 15.8. The summed E-state index contributed by atoms with van der Waals surface area (Å²) in [4.78, 5) is 33.6. The van der Waals surface area contributed by atoms with E-state index in [0.717, 1.165) is 3.79 Å². The molecule has 1 aromatic rings. The Hall–Kier alpha value is -1.25. The van der Waals surface area contributed by atoms with Crippen molar-refractivity contribution < 1.29 is 19.5 Å². The van der Waals surface area contributed by atoms with Crippen LogP contribution in [0, 0.1) is 0 Å². The highest BCUT2D eigenvalue weighted by Gasteiger charge is 2.26. The minimum absolute atomic E-state index is 0.219. The monoisotopic (exact) mass is 346 g/mol. The van der Waals surface area contributed by atoms with E-state index < -0.39 is 12.0 Å². The lowest BCUT2D eigenvalue weighted by molar-refractivity contribution is -0.134. The molecule has 0 spiro atoms. The predicted molar refractivity (Wildman–Crippen MR) is 72.0 cm³/mol. The third kappa shape index (κ3) is 3.20. The van der Waals surface area contributed by atoms with Gasteiger partial charge in [0.15, 0.2) is 0 Å². The van der Waals surface area contributed by atoms with Crippen LogP contribution in [0.3, 0.4) is 0 Å². The standard InChI is InChI=1S/C11H11BrN2O4S/c12-9-5(6(4-19-9)11(17)18)3-13-7-1-2-8(15)14-10(7)16/h4,7,13H,1-3H2,(H,17,18)(H,14,15,16). The number of carboxylic acid groups (broad SMARTS) is 1. The second-order valence-electron chi connectivity index (χ2n) is 4.09. The van der Waals surface area contributed by atoms with Gasteiger partial charge in [-0.3, -0.25) is 14.9 Å². The average molecular weight is 347 g/mol. The third-order valence-corrected chi connectivity index (χ3v) is 4.68. The van der Waals surface area contributed by atoms with Gasteiger partial charge in [-0.15, -0.1) is 11.3 Å². The van der Waals surface area contributed by atoms with E-state index in [9.17, 15) is 14.4 Å². The van der Waals surface area contributed by atoms with Gasteiger partial charge in [-0.2, -0.15) is 0 Å². The molecule has 1 aliphatic heterocycles. The highest BCUT2D eigenvalue weighted by molar-refractivity contribution is 9.11. The third-order valence-electron chi connectivity index (χ3n) is 2.84. The van der Waals surface area contributed by atoms with Crippen molar-refractivity contribution in [1.29, 1.82) is 0 Å². The first kappa shape index (κ1) is 14.2. The first-order valence-electron chi connectivity index (χ1n) is 5.55. The van der Waals surface area contributed by atoms with E-state index in [1.54, 1.807) is 5.38 Å². The van der Waals surface area contributed by atoms with Crippen LogP contribution in [0.5, 0.6) is 0 Å². The fraction of sp³-hybridized carbons (Fsp3) is 0.364. The van der Waals surface area contributed by atoms with Gasteiger partial charge in [0.2, 0.25) is 11.8 Å². The van der Waals surface area contributed by atoms with Gasteiger partial charge >= 0.3 is 5.97 Å². The number of aromatic carboxylic acids is 1. The van der Waals surface area contributed by atoms with Crippen molar-refractivity contribution in [3.63, 3.8) is 0 Å². The molecule has 1 atom stereocenters. The van der Waals surface area contributed by atoms with Crippen LogP contribution in [0.1, 0.15) is 28.8 Å². The van der Waals surface area contributed by atoms with Crippen LogP contribution in [0.4, 0.5) is 0 Å². The summed E-state index contributed by atoms with van der Waals surface area (Å²) in [6, 6.07) is -0.467. The Labute approximate surface area is 121 Å². The van der Waals surface area contributed by atoms with Crippen molar-refractivity contribution in [2.24, 2.45) is 0 Å². The Morgan fingerprint density at radius 1 is 1.58 bits per heavy atom. The molecular formula is C11H11BrN2O4S. The molecule has 0 bridgehead atoms. The zero-order chi connectivity index (χ0) is 14.0. The Morgan fingerprint density at radius 2 is 2.32 bits per heavy atom. The summed E-state index contributed by atoms with van der Waals surface area (Å²) in [7, 11) is 0. The minimum atomic E-state index is -0.998. The number of amides is 2. The average Bonchev–Trinajstić information content (AvgIpc) is 2.70. The maximum Gasteiger partial charge on any atom is 0.336 e. The molecule has 19 heavy (non-hydrogen) atoms. The van der Waals surface area contributed by atoms with Crippen LogP contribution in [0.25, 0.3) is 0 Å². The topological polar surface area (TPSA) is 95.5 Å². The van der Waals surface area contributed by atoms with E-state index in [1.807, 2.05) is 0 Å². The number of imide groups is 1. The maximum absolute atomic E-state index is 11.5. The van der Waals surface area contributed by atoms with Gasteiger partial charge in [0.05, 0.1) is 15.4 Å². The quantitative estimate of drug-likeness (QED) is 0.709. The number of halogens is 1. The minimum Gasteiger partial charge on any atom is -0.478 e. The van der Waals surface area contributed by atoms with Crippen LogP contribution in [0.2, 0.25) is 0 Å². The lowest BCUT2D eigenvalue weighted by Crippen LogP contribution is -2.50. The summed E-state index contributed by atoms with van der Waals surface area (Å²) in [6.07, 6.45) is 0.717. The number of carboxylic acids is 1. The van der Waals surface area contributed by atoms with Gasteiger partial charge in [0.1, 0.15) is 0 Å². The lowest BCUT2D eigenvalue weighted by atomic mass is 10.1. The molecular weight excluding hydrogens is 336 g/mol. The number of carbonyl (C=O) groups excluding carboxylic acids is 2. The molecule has 1 aromatic heterocycles. The van der Waals surface area contributed by atoms with Gasteiger partial charge in [0, 0.05) is 23.9 Å². The number of piperidine rings is 1. The Bertz CT molecular complexity index is 543. The number of nitrogens with one attached hydrogen (secondary N) is 2. The molecule has 0 aliphatic carbocycles. The Kier molecular flexibility index (Phi) is 4.33. The van der Waals surface area contributed by atoms with E-state index in [4.69, 9.17) is 5.11 Å². The maximum atomic E-state index is 11.5. The number of hydrogen-bond acceptors (Lipinski definition) is 5. The summed E-state index contributed by atoms with van der Waals surface area (Å²) in [6.45, 7) is 0.262. The molecule has 2 rings (SSSR count). The lowest BCUT2D eigenvalue weighted by Gasteiger charge is -2.21. The summed E-state index contributed by atoms with van der Waals surface area (Å²) >= 11 is 4.58.